The summed E-state index contributed by atoms with van der Waals surface area (Å²) in [4.78, 5) is 25.4. The second-order valence-electron chi connectivity index (χ2n) is 5.12. The van der Waals surface area contributed by atoms with Crippen LogP contribution in [0.2, 0.25) is 0 Å². The average Bonchev–Trinajstić information content (AvgIpc) is 2.32. The van der Waals surface area contributed by atoms with Crippen molar-refractivity contribution in [2.24, 2.45) is 5.92 Å². The van der Waals surface area contributed by atoms with Gasteiger partial charge in [0.05, 0.1) is 6.42 Å². The number of aryl methyl sites for hydroxylation is 1. The monoisotopic (exact) mass is 245 g/mol. The molecule has 0 radical (unpaired) electrons. The van der Waals surface area contributed by atoms with Gasteiger partial charge in [-0.2, -0.15) is 0 Å². The van der Waals surface area contributed by atoms with Gasteiger partial charge >= 0.3 is 0 Å². The zero-order valence-corrected chi connectivity index (χ0v) is 11.0. The third kappa shape index (κ3) is 2.97. The quantitative estimate of drug-likeness (QED) is 0.799. The number of hydrogen-bond acceptors (Lipinski definition) is 2. The third-order valence-corrected chi connectivity index (χ3v) is 3.46. The van der Waals surface area contributed by atoms with E-state index in [1.165, 1.54) is 5.56 Å². The number of hydrogen-bond donors (Lipinski definition) is 0. The van der Waals surface area contributed by atoms with Gasteiger partial charge < -0.3 is 4.90 Å². The molecule has 0 N–H and O–H groups in total. The molecule has 0 spiro atoms. The molecule has 2 rings (SSSR count). The van der Waals surface area contributed by atoms with Crippen molar-refractivity contribution < 1.29 is 9.59 Å². The fourth-order valence-corrected chi connectivity index (χ4v) is 2.35. The highest BCUT2D eigenvalue weighted by atomic mass is 16.2. The Morgan fingerprint density at radius 2 is 2.22 bits per heavy atom. The lowest BCUT2D eigenvalue weighted by Gasteiger charge is -2.30. The Labute approximate surface area is 108 Å². The van der Waals surface area contributed by atoms with Gasteiger partial charge in [-0.3, -0.25) is 9.59 Å². The Bertz CT molecular complexity index is 467. The molecule has 1 amide bonds. The van der Waals surface area contributed by atoms with Crippen LogP contribution in [0.5, 0.6) is 0 Å². The summed E-state index contributed by atoms with van der Waals surface area (Å²) in [5, 5.41) is 0. The minimum absolute atomic E-state index is 0.0137. The van der Waals surface area contributed by atoms with Crippen molar-refractivity contribution >= 4 is 11.7 Å². The predicted octanol–water partition coefficient (Wildman–Crippen LogP) is 1.98. The molecule has 1 atom stereocenters. The minimum Gasteiger partial charge on any atom is -0.341 e. The molecular formula is C15H19NO2. The molecule has 0 aromatic heterocycles. The highest BCUT2D eigenvalue weighted by molar-refractivity contribution is 5.85. The molecule has 0 saturated carbocycles. The fourth-order valence-electron chi connectivity index (χ4n) is 2.35. The van der Waals surface area contributed by atoms with E-state index in [0.29, 0.717) is 25.9 Å². The Morgan fingerprint density at radius 3 is 2.89 bits per heavy atom. The van der Waals surface area contributed by atoms with Gasteiger partial charge in [0.15, 0.2) is 0 Å². The number of carbonyl (C=O) groups excluding carboxylic acids is 2. The first-order chi connectivity index (χ1) is 8.56. The molecule has 1 aliphatic rings. The Hall–Kier alpha value is -1.64. The first-order valence-electron chi connectivity index (χ1n) is 6.42. The highest BCUT2D eigenvalue weighted by Gasteiger charge is 2.26. The largest absolute Gasteiger partial charge is 0.341 e. The topological polar surface area (TPSA) is 37.4 Å². The van der Waals surface area contributed by atoms with E-state index in [2.05, 4.69) is 0 Å². The second kappa shape index (κ2) is 5.34. The summed E-state index contributed by atoms with van der Waals surface area (Å²) in [7, 11) is 0. The molecule has 1 unspecified atom stereocenters. The van der Waals surface area contributed by atoms with Crippen LogP contribution >= 0.6 is 0 Å². The van der Waals surface area contributed by atoms with Gasteiger partial charge in [0, 0.05) is 25.4 Å². The molecule has 1 aromatic rings. The van der Waals surface area contributed by atoms with Crippen LogP contribution in [-0.2, 0) is 16.0 Å². The van der Waals surface area contributed by atoms with Crippen molar-refractivity contribution in [1.82, 2.24) is 4.90 Å². The van der Waals surface area contributed by atoms with E-state index >= 15 is 0 Å². The van der Waals surface area contributed by atoms with Gasteiger partial charge in [-0.05, 0) is 12.5 Å². The summed E-state index contributed by atoms with van der Waals surface area (Å²) in [6, 6.07) is 8.01. The number of likely N-dealkylation sites (tertiary alicyclic amines) is 1. The maximum absolute atomic E-state index is 12.1. The lowest BCUT2D eigenvalue weighted by atomic mass is 9.98. The van der Waals surface area contributed by atoms with Crippen LogP contribution in [-0.4, -0.2) is 29.7 Å². The van der Waals surface area contributed by atoms with Crippen LogP contribution in [0, 0.1) is 12.8 Å². The van der Waals surface area contributed by atoms with E-state index in [0.717, 1.165) is 5.56 Å². The van der Waals surface area contributed by atoms with Crippen LogP contribution in [0.15, 0.2) is 24.3 Å². The standard InChI is InChI=1S/C15H19NO2/c1-11-4-3-5-13(8-11)9-15(18)16-7-6-14(17)12(2)10-16/h3-5,8,12H,6-7,9-10H2,1-2H3. The zero-order chi connectivity index (χ0) is 13.1. The minimum atomic E-state index is -0.0137. The maximum Gasteiger partial charge on any atom is 0.227 e. The molecule has 3 heteroatoms. The third-order valence-electron chi connectivity index (χ3n) is 3.46. The number of ketones is 1. The van der Waals surface area contributed by atoms with E-state index in [1.54, 1.807) is 0 Å². The number of Topliss-reactive ketones (excluding diaryl/α,β-unsaturated/α-hetero) is 1. The summed E-state index contributed by atoms with van der Waals surface area (Å²) in [6.07, 6.45) is 0.934. The Kier molecular flexibility index (Phi) is 3.80. The predicted molar refractivity (Wildman–Crippen MR) is 70.3 cm³/mol. The summed E-state index contributed by atoms with van der Waals surface area (Å²) in [5.41, 5.74) is 2.21. The molecule has 1 aliphatic heterocycles. The smallest absolute Gasteiger partial charge is 0.227 e. The molecule has 96 valence electrons. The second-order valence-corrected chi connectivity index (χ2v) is 5.12. The van der Waals surface area contributed by atoms with E-state index in [9.17, 15) is 9.59 Å². The molecule has 1 heterocycles. The van der Waals surface area contributed by atoms with Crippen molar-refractivity contribution in [3.05, 3.63) is 35.4 Å². The average molecular weight is 245 g/mol. The van der Waals surface area contributed by atoms with Crippen LogP contribution in [0.4, 0.5) is 0 Å². The summed E-state index contributed by atoms with van der Waals surface area (Å²) in [6.45, 7) is 5.07. The number of rotatable bonds is 2. The SMILES string of the molecule is Cc1cccc(CC(=O)N2CCC(=O)C(C)C2)c1. The van der Waals surface area contributed by atoms with Crippen molar-refractivity contribution in [2.45, 2.75) is 26.7 Å². The van der Waals surface area contributed by atoms with Crippen LogP contribution in [0.1, 0.15) is 24.5 Å². The van der Waals surface area contributed by atoms with Crippen molar-refractivity contribution in [3.63, 3.8) is 0 Å². The lowest BCUT2D eigenvalue weighted by molar-refractivity contribution is -0.136. The number of nitrogens with zero attached hydrogens (tertiary/aromatic N) is 1. The first kappa shape index (κ1) is 12.8. The molecule has 3 nitrogen and oxygen atoms in total. The Morgan fingerprint density at radius 1 is 1.44 bits per heavy atom. The number of carbonyl (C=O) groups is 2. The van der Waals surface area contributed by atoms with Crippen LogP contribution < -0.4 is 0 Å². The van der Waals surface area contributed by atoms with Gasteiger partial charge in [-0.1, -0.05) is 36.8 Å². The molecule has 1 fully saturated rings. The molecule has 1 saturated heterocycles. The molecule has 1 aromatic carbocycles. The summed E-state index contributed by atoms with van der Waals surface area (Å²) >= 11 is 0. The number of amides is 1. The van der Waals surface area contributed by atoms with Gasteiger partial charge in [-0.15, -0.1) is 0 Å². The number of benzene rings is 1. The normalized spacial score (nSPS) is 20.0. The Balaban J connectivity index is 1.98. The fraction of sp³-hybridized carbons (Fsp3) is 0.467. The van der Waals surface area contributed by atoms with Gasteiger partial charge in [-0.25, -0.2) is 0 Å². The lowest BCUT2D eigenvalue weighted by Crippen LogP contribution is -2.43. The molecule has 18 heavy (non-hydrogen) atoms. The molecule has 0 aliphatic carbocycles. The van der Waals surface area contributed by atoms with Crippen LogP contribution in [0.3, 0.4) is 0 Å². The summed E-state index contributed by atoms with van der Waals surface area (Å²) < 4.78 is 0. The van der Waals surface area contributed by atoms with E-state index in [4.69, 9.17) is 0 Å². The maximum atomic E-state index is 12.1. The van der Waals surface area contributed by atoms with E-state index < -0.39 is 0 Å². The van der Waals surface area contributed by atoms with Crippen molar-refractivity contribution in [2.75, 3.05) is 13.1 Å². The van der Waals surface area contributed by atoms with Crippen molar-refractivity contribution in [1.29, 1.82) is 0 Å². The first-order valence-corrected chi connectivity index (χ1v) is 6.42. The van der Waals surface area contributed by atoms with Crippen molar-refractivity contribution in [3.8, 4) is 0 Å². The molecular weight excluding hydrogens is 226 g/mol. The zero-order valence-electron chi connectivity index (χ0n) is 11.0. The van der Waals surface area contributed by atoms with Gasteiger partial charge in [0.1, 0.15) is 5.78 Å². The van der Waals surface area contributed by atoms with E-state index in [1.807, 2.05) is 43.0 Å². The number of piperidine rings is 1. The van der Waals surface area contributed by atoms with Crippen LogP contribution in [0.25, 0.3) is 0 Å². The summed E-state index contributed by atoms with van der Waals surface area (Å²) in [5.74, 6) is 0.384. The van der Waals surface area contributed by atoms with Gasteiger partial charge in [0.2, 0.25) is 5.91 Å². The van der Waals surface area contributed by atoms with Gasteiger partial charge in [0.25, 0.3) is 0 Å². The molecule has 0 bridgehead atoms. The van der Waals surface area contributed by atoms with E-state index in [-0.39, 0.29) is 17.6 Å². The highest BCUT2D eigenvalue weighted by Crippen LogP contribution is 2.14.